The second kappa shape index (κ2) is 12.1. The summed E-state index contributed by atoms with van der Waals surface area (Å²) >= 11 is 0. The molecular weight excluding hydrogens is 142 g/mol. The highest BCUT2D eigenvalue weighted by Crippen LogP contribution is 1.86. The second-order valence-electron chi connectivity index (χ2n) is 1.84. The van der Waals surface area contributed by atoms with Crippen LogP contribution in [0.25, 0.3) is 0 Å². The molecule has 0 heterocycles. The van der Waals surface area contributed by atoms with Crippen LogP contribution in [0.2, 0.25) is 0 Å². The molecule has 0 saturated carbocycles. The molecule has 68 valence electrons. The van der Waals surface area contributed by atoms with Crippen LogP contribution in [0.5, 0.6) is 0 Å². The average Bonchev–Trinajstić information content (AvgIpc) is 2.02. The first-order chi connectivity index (χ1) is 5.27. The van der Waals surface area contributed by atoms with Crippen LogP contribution in [-0.2, 0) is 9.53 Å². The molecular formula is C8H19NO2. The molecule has 0 aromatic rings. The first-order valence-corrected chi connectivity index (χ1v) is 4.11. The lowest BCUT2D eigenvalue weighted by Crippen LogP contribution is -2.04. The van der Waals surface area contributed by atoms with E-state index in [9.17, 15) is 4.79 Å². The number of nitrogens with two attached hydrogens (primary N) is 1. The van der Waals surface area contributed by atoms with Crippen molar-refractivity contribution in [2.75, 3.05) is 13.2 Å². The Morgan fingerprint density at radius 1 is 1.36 bits per heavy atom. The van der Waals surface area contributed by atoms with E-state index in [1.807, 2.05) is 13.8 Å². The summed E-state index contributed by atoms with van der Waals surface area (Å²) < 4.78 is 4.65. The summed E-state index contributed by atoms with van der Waals surface area (Å²) in [5, 5.41) is 0. The van der Waals surface area contributed by atoms with Gasteiger partial charge in [0.25, 0.3) is 0 Å². The SMILES string of the molecule is CC.CC(=O)OCCCCN. The fraction of sp³-hybridized carbons (Fsp3) is 0.875. The van der Waals surface area contributed by atoms with Crippen LogP contribution in [0.4, 0.5) is 0 Å². The van der Waals surface area contributed by atoms with E-state index in [0.717, 1.165) is 12.8 Å². The molecule has 3 nitrogen and oxygen atoms in total. The Kier molecular flexibility index (Phi) is 14.4. The Morgan fingerprint density at radius 3 is 2.27 bits per heavy atom. The molecule has 0 amide bonds. The zero-order valence-electron chi connectivity index (χ0n) is 7.72. The number of esters is 1. The number of unbranched alkanes of at least 4 members (excludes halogenated alkanes) is 1. The van der Waals surface area contributed by atoms with Gasteiger partial charge < -0.3 is 10.5 Å². The van der Waals surface area contributed by atoms with Crippen molar-refractivity contribution in [2.24, 2.45) is 5.73 Å². The van der Waals surface area contributed by atoms with Crippen LogP contribution in [0.1, 0.15) is 33.6 Å². The minimum absolute atomic E-state index is 0.216. The predicted molar refractivity (Wildman–Crippen MR) is 46.3 cm³/mol. The van der Waals surface area contributed by atoms with E-state index in [2.05, 4.69) is 4.74 Å². The van der Waals surface area contributed by atoms with Crippen LogP contribution in [0.3, 0.4) is 0 Å². The Labute approximate surface area is 68.9 Å². The monoisotopic (exact) mass is 161 g/mol. The minimum Gasteiger partial charge on any atom is -0.466 e. The van der Waals surface area contributed by atoms with Crippen molar-refractivity contribution < 1.29 is 9.53 Å². The summed E-state index contributed by atoms with van der Waals surface area (Å²) in [6.07, 6.45) is 1.80. The maximum atomic E-state index is 10.2. The molecule has 0 fully saturated rings. The quantitative estimate of drug-likeness (QED) is 0.499. The van der Waals surface area contributed by atoms with Gasteiger partial charge in [-0.2, -0.15) is 0 Å². The number of ether oxygens (including phenoxy) is 1. The van der Waals surface area contributed by atoms with E-state index >= 15 is 0 Å². The zero-order valence-corrected chi connectivity index (χ0v) is 7.72. The van der Waals surface area contributed by atoms with E-state index in [1.165, 1.54) is 6.92 Å². The third-order valence-corrected chi connectivity index (χ3v) is 0.904. The van der Waals surface area contributed by atoms with Crippen LogP contribution in [-0.4, -0.2) is 19.1 Å². The first-order valence-electron chi connectivity index (χ1n) is 4.11. The highest BCUT2D eigenvalue weighted by atomic mass is 16.5. The van der Waals surface area contributed by atoms with Crippen molar-refractivity contribution in [1.82, 2.24) is 0 Å². The van der Waals surface area contributed by atoms with Crippen molar-refractivity contribution in [2.45, 2.75) is 33.6 Å². The van der Waals surface area contributed by atoms with Crippen LogP contribution >= 0.6 is 0 Å². The van der Waals surface area contributed by atoms with Crippen molar-refractivity contribution >= 4 is 5.97 Å². The molecule has 0 unspecified atom stereocenters. The van der Waals surface area contributed by atoms with Crippen molar-refractivity contribution in [3.05, 3.63) is 0 Å². The molecule has 3 heteroatoms. The van der Waals surface area contributed by atoms with Gasteiger partial charge >= 0.3 is 5.97 Å². The van der Waals surface area contributed by atoms with Gasteiger partial charge in [-0.1, -0.05) is 13.8 Å². The lowest BCUT2D eigenvalue weighted by Gasteiger charge is -1.98. The molecule has 0 atom stereocenters. The van der Waals surface area contributed by atoms with Crippen molar-refractivity contribution in [3.8, 4) is 0 Å². The molecule has 0 aromatic heterocycles. The Balaban J connectivity index is 0. The normalized spacial score (nSPS) is 8.00. The van der Waals surface area contributed by atoms with Crippen molar-refractivity contribution in [3.63, 3.8) is 0 Å². The summed E-state index contributed by atoms with van der Waals surface area (Å²) in [4.78, 5) is 10.2. The molecule has 0 aliphatic rings. The molecule has 0 aromatic carbocycles. The van der Waals surface area contributed by atoms with Gasteiger partial charge in [0, 0.05) is 6.92 Å². The third-order valence-electron chi connectivity index (χ3n) is 0.904. The maximum absolute atomic E-state index is 10.2. The summed E-state index contributed by atoms with van der Waals surface area (Å²) in [7, 11) is 0. The molecule has 0 bridgehead atoms. The van der Waals surface area contributed by atoms with Gasteiger partial charge in [-0.15, -0.1) is 0 Å². The zero-order chi connectivity index (χ0) is 9.11. The largest absolute Gasteiger partial charge is 0.466 e. The minimum atomic E-state index is -0.216. The smallest absolute Gasteiger partial charge is 0.302 e. The Bertz CT molecular complexity index is 84.2. The van der Waals surface area contributed by atoms with Gasteiger partial charge in [0.2, 0.25) is 0 Å². The molecule has 0 spiro atoms. The fourth-order valence-electron chi connectivity index (χ4n) is 0.462. The Morgan fingerprint density at radius 2 is 1.91 bits per heavy atom. The van der Waals surface area contributed by atoms with E-state index < -0.39 is 0 Å². The van der Waals surface area contributed by atoms with E-state index in [0.29, 0.717) is 13.2 Å². The number of carbonyl (C=O) groups is 1. The topological polar surface area (TPSA) is 52.3 Å². The van der Waals surface area contributed by atoms with Crippen molar-refractivity contribution in [1.29, 1.82) is 0 Å². The van der Waals surface area contributed by atoms with E-state index in [4.69, 9.17) is 5.73 Å². The lowest BCUT2D eigenvalue weighted by molar-refractivity contribution is -0.141. The molecule has 11 heavy (non-hydrogen) atoms. The van der Waals surface area contributed by atoms with Gasteiger partial charge in [0.1, 0.15) is 0 Å². The van der Waals surface area contributed by atoms with Gasteiger partial charge in [0.15, 0.2) is 0 Å². The van der Waals surface area contributed by atoms with Gasteiger partial charge in [0.05, 0.1) is 6.61 Å². The summed E-state index contributed by atoms with van der Waals surface area (Å²) in [5.74, 6) is -0.216. The number of carbonyl (C=O) groups excluding carboxylic acids is 1. The van der Waals surface area contributed by atoms with Crippen LogP contribution in [0.15, 0.2) is 0 Å². The number of rotatable bonds is 4. The second-order valence-corrected chi connectivity index (χ2v) is 1.84. The molecule has 2 N–H and O–H groups in total. The molecule has 0 aliphatic heterocycles. The highest BCUT2D eigenvalue weighted by Gasteiger charge is 1.89. The molecule has 0 radical (unpaired) electrons. The van der Waals surface area contributed by atoms with E-state index in [1.54, 1.807) is 0 Å². The maximum Gasteiger partial charge on any atom is 0.302 e. The Hall–Kier alpha value is -0.570. The summed E-state index contributed by atoms with van der Waals surface area (Å²) in [6.45, 7) is 6.58. The molecule has 0 aliphatic carbocycles. The highest BCUT2D eigenvalue weighted by molar-refractivity contribution is 5.65. The number of hydrogen-bond acceptors (Lipinski definition) is 3. The third kappa shape index (κ3) is 17.7. The predicted octanol–water partition coefficient (Wildman–Crippen LogP) is 1.31. The lowest BCUT2D eigenvalue weighted by atomic mass is 10.3. The standard InChI is InChI=1S/C6H13NO2.C2H6/c1-6(8)9-5-3-2-4-7;1-2/h2-5,7H2,1H3;1-2H3. The average molecular weight is 161 g/mol. The number of hydrogen-bond donors (Lipinski definition) is 1. The molecule has 0 saturated heterocycles. The van der Waals surface area contributed by atoms with Gasteiger partial charge in [-0.3, -0.25) is 4.79 Å². The van der Waals surface area contributed by atoms with Crippen LogP contribution < -0.4 is 5.73 Å². The van der Waals surface area contributed by atoms with E-state index in [-0.39, 0.29) is 5.97 Å². The van der Waals surface area contributed by atoms with Gasteiger partial charge in [-0.25, -0.2) is 0 Å². The fourth-order valence-corrected chi connectivity index (χ4v) is 0.462. The summed E-state index contributed by atoms with van der Waals surface area (Å²) in [5.41, 5.74) is 5.20. The van der Waals surface area contributed by atoms with Crippen LogP contribution in [0, 0.1) is 0 Å². The first kappa shape index (κ1) is 13.1. The summed E-state index contributed by atoms with van der Waals surface area (Å²) in [6, 6.07) is 0. The molecule has 0 rings (SSSR count). The van der Waals surface area contributed by atoms with Gasteiger partial charge in [-0.05, 0) is 19.4 Å².